The van der Waals surface area contributed by atoms with E-state index in [2.05, 4.69) is 13.8 Å². The van der Waals surface area contributed by atoms with E-state index in [9.17, 15) is 25.9 Å². The van der Waals surface area contributed by atoms with E-state index >= 15 is 0 Å². The number of hydrogen-bond donors (Lipinski definition) is 0. The van der Waals surface area contributed by atoms with Gasteiger partial charge in [0.15, 0.2) is 0 Å². The Labute approximate surface area is 458 Å². The Balaban J connectivity index is 0.00000132. The average Bonchev–Trinajstić information content (AvgIpc) is 3.32. The van der Waals surface area contributed by atoms with Crippen LogP contribution >= 0.6 is 0 Å². The van der Waals surface area contributed by atoms with Crippen molar-refractivity contribution in [1.82, 2.24) is 0 Å². The fraction of sp³-hybridized carbons (Fsp3) is 0.800. The minimum atomic E-state index is -4.33. The molecule has 396 valence electrons. The number of benzene rings is 2. The van der Waals surface area contributed by atoms with Crippen LogP contribution in [0.3, 0.4) is 0 Å². The van der Waals surface area contributed by atoms with E-state index in [4.69, 9.17) is 0 Å². The smallest absolute Gasteiger partial charge is 0.744 e. The number of rotatable bonds is 48. The van der Waals surface area contributed by atoms with Crippen LogP contribution in [0.1, 0.15) is 307 Å². The molecular formula is C60H106CaO6S2. The van der Waals surface area contributed by atoms with Gasteiger partial charge >= 0.3 is 37.7 Å². The van der Waals surface area contributed by atoms with Crippen molar-refractivity contribution in [2.45, 2.75) is 319 Å². The summed E-state index contributed by atoms with van der Waals surface area (Å²) in [5.74, 6) is 0. The maximum atomic E-state index is 11.0. The van der Waals surface area contributed by atoms with Crippen LogP contribution in [0.25, 0.3) is 0 Å². The molecule has 0 spiro atoms. The molecule has 69 heavy (non-hydrogen) atoms. The first kappa shape index (κ1) is 68.5. The summed E-state index contributed by atoms with van der Waals surface area (Å²) in [5.41, 5.74) is 2.22. The van der Waals surface area contributed by atoms with Crippen molar-refractivity contribution in [3.63, 3.8) is 0 Å². The van der Waals surface area contributed by atoms with Crippen molar-refractivity contribution >= 4 is 58.0 Å². The van der Waals surface area contributed by atoms with Crippen LogP contribution in [0.5, 0.6) is 0 Å². The molecule has 2 rings (SSSR count). The predicted molar refractivity (Wildman–Crippen MR) is 296 cm³/mol. The zero-order chi connectivity index (χ0) is 49.5. The van der Waals surface area contributed by atoms with Gasteiger partial charge in [0.05, 0.1) is 9.79 Å². The molecule has 0 unspecified atom stereocenters. The second-order valence-corrected chi connectivity index (χ2v) is 23.3. The number of unbranched alkanes of at least 4 members (excludes halogenated alkanes) is 42. The normalized spacial score (nSPS) is 11.7. The summed E-state index contributed by atoms with van der Waals surface area (Å²) in [6.45, 7) is 4.58. The zero-order valence-electron chi connectivity index (χ0n) is 45.1. The standard InChI is InChI=1S/2C30H54O3S.Ca/c2*1-2-3-4-5-6-7-8-9-10-11-12-13-14-15-16-17-18-19-20-21-22-23-24-29-25-27-30(28-26-29)34(31,32)33;/h2*25-28H,2-24H2,1H3,(H,31,32,33);/q;;+2/p-2. The molecule has 0 amide bonds. The molecular weight excluding hydrogens is 921 g/mol. The molecule has 0 aliphatic rings. The molecule has 9 heteroatoms. The summed E-state index contributed by atoms with van der Waals surface area (Å²) in [4.78, 5) is -0.268. The van der Waals surface area contributed by atoms with Gasteiger partial charge in [-0.25, -0.2) is 16.8 Å². The maximum absolute atomic E-state index is 11.0. The van der Waals surface area contributed by atoms with Crippen LogP contribution in [0.2, 0.25) is 0 Å². The quantitative estimate of drug-likeness (QED) is 0.0370. The van der Waals surface area contributed by atoms with Gasteiger partial charge < -0.3 is 9.11 Å². The van der Waals surface area contributed by atoms with E-state index in [1.54, 1.807) is 24.3 Å². The SMILES string of the molecule is CCCCCCCCCCCCCCCCCCCCCCCCc1ccc(S(=O)(=O)[O-])cc1.CCCCCCCCCCCCCCCCCCCCCCCCc1ccc(S(=O)(=O)[O-])cc1.[Ca+2]. The van der Waals surface area contributed by atoms with Gasteiger partial charge in [0.1, 0.15) is 20.2 Å². The molecule has 0 saturated heterocycles. The van der Waals surface area contributed by atoms with Crippen molar-refractivity contribution < 1.29 is 25.9 Å². The Bertz CT molecular complexity index is 1460. The molecule has 0 radical (unpaired) electrons. The van der Waals surface area contributed by atoms with Gasteiger partial charge in [0.2, 0.25) is 0 Å². The van der Waals surface area contributed by atoms with Crippen molar-refractivity contribution in [3.05, 3.63) is 59.7 Å². The Hall–Kier alpha value is -0.480. The second-order valence-electron chi connectivity index (χ2n) is 20.5. The summed E-state index contributed by atoms with van der Waals surface area (Å²) >= 11 is 0. The first-order valence-electron chi connectivity index (χ1n) is 29.2. The third-order valence-corrected chi connectivity index (χ3v) is 15.8. The number of aryl methyl sites for hydroxylation is 2. The molecule has 0 bridgehead atoms. The van der Waals surface area contributed by atoms with Crippen LogP contribution in [-0.2, 0) is 33.1 Å². The molecule has 0 N–H and O–H groups in total. The first-order chi connectivity index (χ1) is 33.1. The van der Waals surface area contributed by atoms with E-state index in [1.165, 1.54) is 294 Å². The van der Waals surface area contributed by atoms with Gasteiger partial charge in [-0.3, -0.25) is 0 Å². The van der Waals surface area contributed by atoms with Crippen molar-refractivity contribution in [3.8, 4) is 0 Å². The minimum Gasteiger partial charge on any atom is -0.744 e. The maximum Gasteiger partial charge on any atom is 2.00 e. The summed E-state index contributed by atoms with van der Waals surface area (Å²) in [5, 5.41) is 0. The van der Waals surface area contributed by atoms with Gasteiger partial charge in [-0.1, -0.05) is 308 Å². The van der Waals surface area contributed by atoms with E-state index in [1.807, 2.05) is 0 Å². The van der Waals surface area contributed by atoms with Crippen molar-refractivity contribution in [1.29, 1.82) is 0 Å². The molecule has 0 saturated carbocycles. The fourth-order valence-electron chi connectivity index (χ4n) is 9.52. The van der Waals surface area contributed by atoms with Gasteiger partial charge in [-0.05, 0) is 61.1 Å². The van der Waals surface area contributed by atoms with Crippen molar-refractivity contribution in [2.75, 3.05) is 0 Å². The monoisotopic (exact) mass is 1030 g/mol. The molecule has 2 aromatic rings. The molecule has 0 atom stereocenters. The zero-order valence-corrected chi connectivity index (χ0v) is 49.0. The summed E-state index contributed by atoms with van der Waals surface area (Å²) in [6.07, 6.45) is 63.2. The third kappa shape index (κ3) is 45.8. The fourth-order valence-corrected chi connectivity index (χ4v) is 10.5. The van der Waals surface area contributed by atoms with Crippen LogP contribution in [0.4, 0.5) is 0 Å². The molecule has 0 aliphatic heterocycles. The topological polar surface area (TPSA) is 114 Å². The van der Waals surface area contributed by atoms with Crippen LogP contribution in [0.15, 0.2) is 58.3 Å². The number of hydrogen-bond acceptors (Lipinski definition) is 6. The summed E-state index contributed by atoms with van der Waals surface area (Å²) < 4.78 is 65.7. The van der Waals surface area contributed by atoms with Crippen LogP contribution in [-0.4, -0.2) is 63.7 Å². The first-order valence-corrected chi connectivity index (χ1v) is 32.0. The Morgan fingerprint density at radius 3 is 0.551 bits per heavy atom. The van der Waals surface area contributed by atoms with E-state index in [-0.39, 0.29) is 47.5 Å². The van der Waals surface area contributed by atoms with E-state index < -0.39 is 20.2 Å². The molecule has 2 aromatic carbocycles. The molecule has 0 aromatic heterocycles. The minimum absolute atomic E-state index is 0. The van der Waals surface area contributed by atoms with Gasteiger partial charge in [0, 0.05) is 0 Å². The molecule has 0 heterocycles. The third-order valence-electron chi connectivity index (χ3n) is 14.1. The van der Waals surface area contributed by atoms with Crippen molar-refractivity contribution in [2.24, 2.45) is 0 Å². The predicted octanol–water partition coefficient (Wildman–Crippen LogP) is 19.1. The summed E-state index contributed by atoms with van der Waals surface area (Å²) in [6, 6.07) is 12.8. The van der Waals surface area contributed by atoms with E-state index in [0.717, 1.165) is 36.8 Å². The largest absolute Gasteiger partial charge is 2.00 e. The van der Waals surface area contributed by atoms with Gasteiger partial charge in [-0.15, -0.1) is 0 Å². The van der Waals surface area contributed by atoms with Gasteiger partial charge in [-0.2, -0.15) is 0 Å². The summed E-state index contributed by atoms with van der Waals surface area (Å²) in [7, 11) is -8.65. The Morgan fingerprint density at radius 1 is 0.261 bits per heavy atom. The van der Waals surface area contributed by atoms with Crippen LogP contribution < -0.4 is 0 Å². The van der Waals surface area contributed by atoms with Gasteiger partial charge in [0.25, 0.3) is 0 Å². The Kier molecular flexibility index (Phi) is 49.4. The van der Waals surface area contributed by atoms with E-state index in [0.29, 0.717) is 0 Å². The average molecular weight is 1030 g/mol. The molecule has 0 fully saturated rings. The second kappa shape index (κ2) is 49.7. The molecule has 0 aliphatic carbocycles. The van der Waals surface area contributed by atoms with Crippen LogP contribution in [0, 0.1) is 0 Å². The Morgan fingerprint density at radius 2 is 0.406 bits per heavy atom. The molecule has 6 nitrogen and oxygen atoms in total.